The third-order valence-corrected chi connectivity index (χ3v) is 2.93. The third-order valence-electron chi connectivity index (χ3n) is 2.19. The molecule has 0 aliphatic heterocycles. The first-order valence-corrected chi connectivity index (χ1v) is 6.48. The fourth-order valence-corrected chi connectivity index (χ4v) is 1.82. The van der Waals surface area contributed by atoms with Crippen LogP contribution in [0.1, 0.15) is 26.3 Å². The number of rotatable bonds is 5. The molecule has 0 aliphatic rings. The van der Waals surface area contributed by atoms with E-state index in [4.69, 9.17) is 14.3 Å². The van der Waals surface area contributed by atoms with Gasteiger partial charge < -0.3 is 9.47 Å². The van der Waals surface area contributed by atoms with Crippen LogP contribution in [0, 0.1) is 0 Å². The molecule has 0 saturated carbocycles. The van der Waals surface area contributed by atoms with Gasteiger partial charge >= 0.3 is 0 Å². The van der Waals surface area contributed by atoms with Crippen molar-refractivity contribution in [1.82, 2.24) is 5.48 Å². The van der Waals surface area contributed by atoms with Crippen LogP contribution in [0.2, 0.25) is 0 Å². The summed E-state index contributed by atoms with van der Waals surface area (Å²) < 4.78 is 11.4. The molecule has 5 heteroatoms. The SMILES string of the molecule is COc1cc(Br)c(CNOC(C)(C)C)cc1OC. The highest BCUT2D eigenvalue weighted by atomic mass is 79.9. The predicted molar refractivity (Wildman–Crippen MR) is 74.9 cm³/mol. The number of methoxy groups -OCH3 is 2. The molecular weight excluding hydrogens is 298 g/mol. The minimum atomic E-state index is -0.219. The zero-order valence-electron chi connectivity index (χ0n) is 11.5. The molecule has 1 aromatic rings. The number of halogens is 1. The Hall–Kier alpha value is -0.780. The first-order valence-electron chi connectivity index (χ1n) is 5.68. The van der Waals surface area contributed by atoms with E-state index in [1.54, 1.807) is 14.2 Å². The number of hydroxylamine groups is 1. The van der Waals surface area contributed by atoms with E-state index < -0.39 is 0 Å². The van der Waals surface area contributed by atoms with Gasteiger partial charge in [0.25, 0.3) is 0 Å². The zero-order chi connectivity index (χ0) is 13.8. The monoisotopic (exact) mass is 317 g/mol. The molecule has 0 radical (unpaired) electrons. The van der Waals surface area contributed by atoms with Gasteiger partial charge in [-0.2, -0.15) is 5.48 Å². The van der Waals surface area contributed by atoms with Crippen molar-refractivity contribution in [2.45, 2.75) is 32.9 Å². The summed E-state index contributed by atoms with van der Waals surface area (Å²) in [6.45, 7) is 6.55. The standard InChI is InChI=1S/C13H20BrNO3/c1-13(2,3)18-15-8-9-6-11(16-4)12(17-5)7-10(9)14/h6-7,15H,8H2,1-5H3. The summed E-state index contributed by atoms with van der Waals surface area (Å²) >= 11 is 3.50. The fourth-order valence-electron chi connectivity index (χ4n) is 1.36. The number of nitrogens with one attached hydrogen (secondary N) is 1. The average Bonchev–Trinajstić information content (AvgIpc) is 2.29. The van der Waals surface area contributed by atoms with Gasteiger partial charge in [0.05, 0.1) is 19.8 Å². The summed E-state index contributed by atoms with van der Waals surface area (Å²) in [7, 11) is 3.24. The quantitative estimate of drug-likeness (QED) is 0.846. The highest BCUT2D eigenvalue weighted by molar-refractivity contribution is 9.10. The van der Waals surface area contributed by atoms with Crippen molar-refractivity contribution in [3.63, 3.8) is 0 Å². The van der Waals surface area contributed by atoms with Crippen molar-refractivity contribution in [3.05, 3.63) is 22.2 Å². The van der Waals surface area contributed by atoms with Gasteiger partial charge in [-0.25, -0.2) is 0 Å². The van der Waals surface area contributed by atoms with Crippen LogP contribution in [0.5, 0.6) is 11.5 Å². The van der Waals surface area contributed by atoms with Crippen molar-refractivity contribution in [1.29, 1.82) is 0 Å². The Morgan fingerprint density at radius 3 is 2.17 bits per heavy atom. The molecule has 1 rings (SSSR count). The van der Waals surface area contributed by atoms with E-state index >= 15 is 0 Å². The Labute approximate surface area is 117 Å². The molecule has 0 fully saturated rings. The minimum absolute atomic E-state index is 0.219. The van der Waals surface area contributed by atoms with E-state index in [1.165, 1.54) is 0 Å². The van der Waals surface area contributed by atoms with E-state index in [-0.39, 0.29) is 5.60 Å². The number of ether oxygens (including phenoxy) is 2. The van der Waals surface area contributed by atoms with Crippen LogP contribution in [0.15, 0.2) is 16.6 Å². The summed E-state index contributed by atoms with van der Waals surface area (Å²) in [5.74, 6) is 1.40. The third kappa shape index (κ3) is 4.48. The molecule has 102 valence electrons. The molecule has 0 bridgehead atoms. The zero-order valence-corrected chi connectivity index (χ0v) is 13.1. The fraction of sp³-hybridized carbons (Fsp3) is 0.538. The molecule has 0 amide bonds. The van der Waals surface area contributed by atoms with E-state index in [0.717, 1.165) is 10.0 Å². The number of hydrogen-bond donors (Lipinski definition) is 1. The maximum absolute atomic E-state index is 5.48. The Morgan fingerprint density at radius 1 is 1.11 bits per heavy atom. The van der Waals surface area contributed by atoms with Crippen molar-refractivity contribution in [2.24, 2.45) is 0 Å². The lowest BCUT2D eigenvalue weighted by atomic mass is 10.2. The molecule has 0 aromatic heterocycles. The second-order valence-electron chi connectivity index (χ2n) is 4.83. The van der Waals surface area contributed by atoms with Crippen LogP contribution in [0.3, 0.4) is 0 Å². The van der Waals surface area contributed by atoms with Crippen LogP contribution in [0.25, 0.3) is 0 Å². The van der Waals surface area contributed by atoms with Gasteiger partial charge in [-0.1, -0.05) is 15.9 Å². The summed E-state index contributed by atoms with van der Waals surface area (Å²) in [5.41, 5.74) is 3.76. The number of hydrogen-bond acceptors (Lipinski definition) is 4. The van der Waals surface area contributed by atoms with Crippen LogP contribution in [-0.2, 0) is 11.4 Å². The second kappa shape index (κ2) is 6.41. The summed E-state index contributed by atoms with van der Waals surface area (Å²) in [6.07, 6.45) is 0. The Kier molecular flexibility index (Phi) is 5.44. The van der Waals surface area contributed by atoms with Gasteiger partial charge in [0, 0.05) is 11.0 Å². The van der Waals surface area contributed by atoms with Crippen molar-refractivity contribution in [3.8, 4) is 11.5 Å². The van der Waals surface area contributed by atoms with Gasteiger partial charge in [-0.05, 0) is 38.5 Å². The van der Waals surface area contributed by atoms with E-state index in [2.05, 4.69) is 21.4 Å². The van der Waals surface area contributed by atoms with Crippen molar-refractivity contribution in [2.75, 3.05) is 14.2 Å². The van der Waals surface area contributed by atoms with Crippen molar-refractivity contribution >= 4 is 15.9 Å². The van der Waals surface area contributed by atoms with Crippen LogP contribution < -0.4 is 15.0 Å². The lowest BCUT2D eigenvalue weighted by molar-refractivity contribution is -0.0758. The van der Waals surface area contributed by atoms with Crippen molar-refractivity contribution < 1.29 is 14.3 Å². The Balaban J connectivity index is 2.77. The Bertz CT molecular complexity index is 402. The topological polar surface area (TPSA) is 39.7 Å². The smallest absolute Gasteiger partial charge is 0.161 e. The predicted octanol–water partition coefficient (Wildman–Crippen LogP) is 3.29. The summed E-state index contributed by atoms with van der Waals surface area (Å²) in [5, 5.41) is 0. The van der Waals surface area contributed by atoms with Gasteiger partial charge in [0.2, 0.25) is 0 Å². The molecule has 0 atom stereocenters. The van der Waals surface area contributed by atoms with Crippen LogP contribution in [-0.4, -0.2) is 19.8 Å². The highest BCUT2D eigenvalue weighted by Gasteiger charge is 2.12. The van der Waals surface area contributed by atoms with Crippen LogP contribution >= 0.6 is 15.9 Å². The normalized spacial score (nSPS) is 11.4. The van der Waals surface area contributed by atoms with Gasteiger partial charge in [0.1, 0.15) is 0 Å². The Morgan fingerprint density at radius 2 is 1.67 bits per heavy atom. The minimum Gasteiger partial charge on any atom is -0.493 e. The maximum Gasteiger partial charge on any atom is 0.161 e. The molecule has 18 heavy (non-hydrogen) atoms. The molecule has 1 aromatic carbocycles. The number of benzene rings is 1. The molecular formula is C13H20BrNO3. The molecule has 0 spiro atoms. The van der Waals surface area contributed by atoms with Gasteiger partial charge in [-0.3, -0.25) is 4.84 Å². The molecule has 0 saturated heterocycles. The summed E-state index contributed by atoms with van der Waals surface area (Å²) in [4.78, 5) is 5.48. The van der Waals surface area contributed by atoms with Crippen LogP contribution in [0.4, 0.5) is 0 Å². The summed E-state index contributed by atoms with van der Waals surface area (Å²) in [6, 6.07) is 3.80. The first-order chi connectivity index (χ1) is 8.37. The van der Waals surface area contributed by atoms with E-state index in [1.807, 2.05) is 32.9 Å². The maximum atomic E-state index is 5.48. The molecule has 1 N–H and O–H groups in total. The average molecular weight is 318 g/mol. The van der Waals surface area contributed by atoms with E-state index in [9.17, 15) is 0 Å². The van der Waals surface area contributed by atoms with Gasteiger partial charge in [0.15, 0.2) is 11.5 Å². The lowest BCUT2D eigenvalue weighted by Gasteiger charge is -2.20. The second-order valence-corrected chi connectivity index (χ2v) is 5.69. The first kappa shape index (κ1) is 15.3. The largest absolute Gasteiger partial charge is 0.493 e. The molecule has 0 unspecified atom stereocenters. The lowest BCUT2D eigenvalue weighted by Crippen LogP contribution is -2.28. The van der Waals surface area contributed by atoms with Gasteiger partial charge in [-0.15, -0.1) is 0 Å². The molecule has 0 aliphatic carbocycles. The highest BCUT2D eigenvalue weighted by Crippen LogP contribution is 2.33. The van der Waals surface area contributed by atoms with E-state index in [0.29, 0.717) is 18.0 Å². The molecule has 0 heterocycles. The molecule has 4 nitrogen and oxygen atoms in total.